The standard InChI is InChI=1S/C28H50O2/c1-2-3-4-5-6-7-8-9-10-11-12-13-14-15-16-17-18-19-20-21-22-23-24-25-26-27-28(29)30/h11-12,14-15,17-18H,2-10,13,16,19-27H2,1H3,(H,29,30). The van der Waals surface area contributed by atoms with E-state index in [4.69, 9.17) is 5.11 Å². The number of carbonyl (C=O) groups is 1. The van der Waals surface area contributed by atoms with Gasteiger partial charge in [0.05, 0.1) is 0 Å². The van der Waals surface area contributed by atoms with Gasteiger partial charge in [0, 0.05) is 6.42 Å². The van der Waals surface area contributed by atoms with Crippen molar-refractivity contribution in [3.05, 3.63) is 36.5 Å². The molecule has 0 heterocycles. The third-order valence-corrected chi connectivity index (χ3v) is 5.53. The van der Waals surface area contributed by atoms with Crippen molar-refractivity contribution in [2.24, 2.45) is 0 Å². The van der Waals surface area contributed by atoms with Crippen molar-refractivity contribution < 1.29 is 9.90 Å². The van der Waals surface area contributed by atoms with Crippen molar-refractivity contribution in [2.75, 3.05) is 0 Å². The first-order chi connectivity index (χ1) is 14.8. The second-order valence-electron chi connectivity index (χ2n) is 8.56. The first-order valence-corrected chi connectivity index (χ1v) is 12.9. The number of carboxylic acid groups (broad SMARTS) is 1. The Morgan fingerprint density at radius 2 is 0.900 bits per heavy atom. The predicted molar refractivity (Wildman–Crippen MR) is 133 cm³/mol. The molecule has 0 spiro atoms. The number of carboxylic acids is 1. The molecule has 0 fully saturated rings. The molecule has 0 aliphatic rings. The van der Waals surface area contributed by atoms with Gasteiger partial charge in [0.25, 0.3) is 0 Å². The van der Waals surface area contributed by atoms with E-state index in [9.17, 15) is 4.79 Å². The molecule has 0 aliphatic carbocycles. The van der Waals surface area contributed by atoms with Gasteiger partial charge in [0.15, 0.2) is 0 Å². The van der Waals surface area contributed by atoms with Crippen molar-refractivity contribution in [3.8, 4) is 0 Å². The second kappa shape index (κ2) is 25.7. The van der Waals surface area contributed by atoms with E-state index < -0.39 is 5.97 Å². The summed E-state index contributed by atoms with van der Waals surface area (Å²) in [5, 5.41) is 8.58. The normalized spacial score (nSPS) is 12.0. The van der Waals surface area contributed by atoms with Gasteiger partial charge in [-0.1, -0.05) is 120 Å². The molecule has 0 aromatic rings. The Labute approximate surface area is 187 Å². The number of allylic oxidation sites excluding steroid dienone is 6. The van der Waals surface area contributed by atoms with Crippen molar-refractivity contribution in [3.63, 3.8) is 0 Å². The molecule has 30 heavy (non-hydrogen) atoms. The molecule has 0 bridgehead atoms. The lowest BCUT2D eigenvalue weighted by atomic mass is 10.1. The molecule has 0 aliphatic heterocycles. The third kappa shape index (κ3) is 26.7. The minimum Gasteiger partial charge on any atom is -0.481 e. The summed E-state index contributed by atoms with van der Waals surface area (Å²) < 4.78 is 0. The minimum atomic E-state index is -0.665. The van der Waals surface area contributed by atoms with Gasteiger partial charge in [-0.05, 0) is 44.9 Å². The number of aliphatic carboxylic acids is 1. The van der Waals surface area contributed by atoms with Gasteiger partial charge in [-0.15, -0.1) is 0 Å². The number of hydrogen-bond acceptors (Lipinski definition) is 1. The fourth-order valence-electron chi connectivity index (χ4n) is 3.60. The van der Waals surface area contributed by atoms with Crippen LogP contribution >= 0.6 is 0 Å². The average molecular weight is 419 g/mol. The van der Waals surface area contributed by atoms with Crippen LogP contribution in [0.15, 0.2) is 36.5 Å². The van der Waals surface area contributed by atoms with Crippen LogP contribution in [0.25, 0.3) is 0 Å². The van der Waals surface area contributed by atoms with Gasteiger partial charge in [0.1, 0.15) is 0 Å². The molecule has 0 saturated heterocycles. The summed E-state index contributed by atoms with van der Waals surface area (Å²) in [6.07, 6.45) is 38.1. The summed E-state index contributed by atoms with van der Waals surface area (Å²) in [6, 6.07) is 0. The maximum Gasteiger partial charge on any atom is 0.303 e. The number of hydrogen-bond donors (Lipinski definition) is 1. The minimum absolute atomic E-state index is 0.328. The molecule has 174 valence electrons. The highest BCUT2D eigenvalue weighted by atomic mass is 16.4. The highest BCUT2D eigenvalue weighted by molar-refractivity contribution is 5.66. The molecule has 1 N–H and O–H groups in total. The van der Waals surface area contributed by atoms with E-state index in [-0.39, 0.29) is 0 Å². The van der Waals surface area contributed by atoms with E-state index in [0.29, 0.717) is 6.42 Å². The smallest absolute Gasteiger partial charge is 0.303 e. The summed E-state index contributed by atoms with van der Waals surface area (Å²) in [5.74, 6) is -0.665. The first kappa shape index (κ1) is 28.7. The monoisotopic (exact) mass is 418 g/mol. The van der Waals surface area contributed by atoms with E-state index >= 15 is 0 Å². The molecule has 0 atom stereocenters. The summed E-state index contributed by atoms with van der Waals surface area (Å²) in [4.78, 5) is 10.4. The van der Waals surface area contributed by atoms with Gasteiger partial charge >= 0.3 is 5.97 Å². The molecule has 0 aromatic carbocycles. The predicted octanol–water partition coefficient (Wildman–Crippen LogP) is 9.56. The van der Waals surface area contributed by atoms with Crippen LogP contribution in [0.2, 0.25) is 0 Å². The summed E-state index contributed by atoms with van der Waals surface area (Å²) in [6.45, 7) is 2.28. The number of unbranched alkanes of at least 4 members (excludes halogenated alkanes) is 15. The summed E-state index contributed by atoms with van der Waals surface area (Å²) in [7, 11) is 0. The Morgan fingerprint density at radius 3 is 1.33 bits per heavy atom. The lowest BCUT2D eigenvalue weighted by Gasteiger charge is -2.00. The van der Waals surface area contributed by atoms with Crippen LogP contribution in [-0.2, 0) is 4.79 Å². The Kier molecular flexibility index (Phi) is 24.6. The van der Waals surface area contributed by atoms with Crippen LogP contribution in [-0.4, -0.2) is 11.1 Å². The van der Waals surface area contributed by atoms with Crippen LogP contribution in [0, 0.1) is 0 Å². The maximum atomic E-state index is 10.4. The zero-order chi connectivity index (χ0) is 22.0. The first-order valence-electron chi connectivity index (χ1n) is 12.9. The van der Waals surface area contributed by atoms with Crippen molar-refractivity contribution in [1.29, 1.82) is 0 Å². The summed E-state index contributed by atoms with van der Waals surface area (Å²) >= 11 is 0. The second-order valence-corrected chi connectivity index (χ2v) is 8.56. The molecule has 0 rings (SSSR count). The van der Waals surface area contributed by atoms with E-state index in [1.54, 1.807) is 0 Å². The molecule has 0 radical (unpaired) electrons. The topological polar surface area (TPSA) is 37.3 Å². The molecule has 0 saturated carbocycles. The Morgan fingerprint density at radius 1 is 0.533 bits per heavy atom. The van der Waals surface area contributed by atoms with Gasteiger partial charge in [-0.2, -0.15) is 0 Å². The quantitative estimate of drug-likeness (QED) is 0.132. The van der Waals surface area contributed by atoms with Crippen LogP contribution in [0.1, 0.15) is 135 Å². The van der Waals surface area contributed by atoms with Crippen molar-refractivity contribution in [2.45, 2.75) is 135 Å². The molecule has 2 heteroatoms. The van der Waals surface area contributed by atoms with E-state index in [1.165, 1.54) is 96.3 Å². The zero-order valence-corrected chi connectivity index (χ0v) is 20.0. The molecule has 0 aromatic heterocycles. The van der Waals surface area contributed by atoms with E-state index in [0.717, 1.165) is 25.7 Å². The van der Waals surface area contributed by atoms with Gasteiger partial charge < -0.3 is 5.11 Å². The highest BCUT2D eigenvalue weighted by Crippen LogP contribution is 2.11. The van der Waals surface area contributed by atoms with Gasteiger partial charge in [0.2, 0.25) is 0 Å². The maximum absolute atomic E-state index is 10.4. The van der Waals surface area contributed by atoms with E-state index in [2.05, 4.69) is 43.4 Å². The Hall–Kier alpha value is -1.31. The molecular weight excluding hydrogens is 368 g/mol. The Balaban J connectivity index is 3.25. The van der Waals surface area contributed by atoms with Crippen LogP contribution in [0.3, 0.4) is 0 Å². The Bertz CT molecular complexity index is 434. The van der Waals surface area contributed by atoms with Gasteiger partial charge in [-0.25, -0.2) is 0 Å². The zero-order valence-electron chi connectivity index (χ0n) is 20.0. The molecule has 0 unspecified atom stereocenters. The molecule has 0 amide bonds. The van der Waals surface area contributed by atoms with Crippen LogP contribution in [0.5, 0.6) is 0 Å². The van der Waals surface area contributed by atoms with Crippen molar-refractivity contribution in [1.82, 2.24) is 0 Å². The summed E-state index contributed by atoms with van der Waals surface area (Å²) in [5.41, 5.74) is 0. The molecule has 2 nitrogen and oxygen atoms in total. The van der Waals surface area contributed by atoms with Gasteiger partial charge in [-0.3, -0.25) is 4.79 Å². The fraction of sp³-hybridized carbons (Fsp3) is 0.750. The molecular formula is C28H50O2. The largest absolute Gasteiger partial charge is 0.481 e. The number of rotatable bonds is 23. The van der Waals surface area contributed by atoms with E-state index in [1.807, 2.05) is 0 Å². The van der Waals surface area contributed by atoms with Crippen LogP contribution in [0.4, 0.5) is 0 Å². The lowest BCUT2D eigenvalue weighted by Crippen LogP contribution is -1.93. The highest BCUT2D eigenvalue weighted by Gasteiger charge is 1.96. The van der Waals surface area contributed by atoms with Crippen LogP contribution < -0.4 is 0 Å². The fourth-order valence-corrected chi connectivity index (χ4v) is 3.60. The third-order valence-electron chi connectivity index (χ3n) is 5.53. The average Bonchev–Trinajstić information content (AvgIpc) is 2.73. The lowest BCUT2D eigenvalue weighted by molar-refractivity contribution is -0.137. The SMILES string of the molecule is CCCCCCCCCCC=CCC=CCC=CCCCCCCCCCC(=O)O. The van der Waals surface area contributed by atoms with Crippen molar-refractivity contribution >= 4 is 5.97 Å².